The lowest BCUT2D eigenvalue weighted by molar-refractivity contribution is 0.282. The highest BCUT2D eigenvalue weighted by atomic mass is 35.5. The molecule has 1 N–H and O–H groups in total. The maximum absolute atomic E-state index is 9.49. The smallest absolute Gasteiger partial charge is 0.0716 e. The molecule has 0 radical (unpaired) electrons. The molecular formula is C15H17ClN2O. The van der Waals surface area contributed by atoms with Crippen LogP contribution in [0.4, 0.5) is 5.69 Å². The van der Waals surface area contributed by atoms with Crippen molar-refractivity contribution in [3.8, 4) is 0 Å². The third-order valence-corrected chi connectivity index (χ3v) is 3.45. The van der Waals surface area contributed by atoms with Crippen LogP contribution in [0.25, 0.3) is 0 Å². The minimum Gasteiger partial charge on any atom is -0.392 e. The summed E-state index contributed by atoms with van der Waals surface area (Å²) in [5.41, 5.74) is 2.94. The van der Waals surface area contributed by atoms with Crippen LogP contribution < -0.4 is 4.90 Å². The molecule has 0 atom stereocenters. The van der Waals surface area contributed by atoms with Gasteiger partial charge < -0.3 is 10.0 Å². The molecule has 100 valence electrons. The van der Waals surface area contributed by atoms with Crippen LogP contribution in [0.2, 0.25) is 5.02 Å². The predicted molar refractivity (Wildman–Crippen MR) is 78.3 cm³/mol. The van der Waals surface area contributed by atoms with Crippen LogP contribution >= 0.6 is 11.6 Å². The highest BCUT2D eigenvalue weighted by molar-refractivity contribution is 6.31. The zero-order valence-corrected chi connectivity index (χ0v) is 11.6. The minimum absolute atomic E-state index is 0.0537. The fraction of sp³-hybridized carbons (Fsp3) is 0.267. The molecular weight excluding hydrogens is 260 g/mol. The van der Waals surface area contributed by atoms with Crippen molar-refractivity contribution >= 4 is 17.3 Å². The Balaban J connectivity index is 2.30. The maximum Gasteiger partial charge on any atom is 0.0716 e. The Morgan fingerprint density at radius 3 is 2.58 bits per heavy atom. The fourth-order valence-corrected chi connectivity index (χ4v) is 2.31. The molecule has 0 amide bonds. The summed E-state index contributed by atoms with van der Waals surface area (Å²) in [6, 6.07) is 9.68. The van der Waals surface area contributed by atoms with E-state index < -0.39 is 0 Å². The lowest BCUT2D eigenvalue weighted by Gasteiger charge is -2.26. The summed E-state index contributed by atoms with van der Waals surface area (Å²) in [5, 5.41) is 10.1. The van der Waals surface area contributed by atoms with Gasteiger partial charge in [-0.25, -0.2) is 0 Å². The van der Waals surface area contributed by atoms with Crippen LogP contribution in [-0.2, 0) is 13.2 Å². The summed E-state index contributed by atoms with van der Waals surface area (Å²) in [6.07, 6.45) is 3.57. The molecule has 0 bridgehead atoms. The summed E-state index contributed by atoms with van der Waals surface area (Å²) in [4.78, 5) is 6.21. The van der Waals surface area contributed by atoms with Gasteiger partial charge in [0, 0.05) is 41.8 Å². The number of pyridine rings is 1. The number of rotatable bonds is 5. The van der Waals surface area contributed by atoms with Gasteiger partial charge in [0.1, 0.15) is 0 Å². The van der Waals surface area contributed by atoms with Crippen molar-refractivity contribution in [1.29, 1.82) is 0 Å². The van der Waals surface area contributed by atoms with E-state index in [0.29, 0.717) is 5.02 Å². The minimum atomic E-state index is -0.0537. The van der Waals surface area contributed by atoms with E-state index in [0.717, 1.165) is 24.3 Å². The van der Waals surface area contributed by atoms with Gasteiger partial charge in [0.05, 0.1) is 6.61 Å². The van der Waals surface area contributed by atoms with E-state index in [-0.39, 0.29) is 6.61 Å². The Bertz CT molecular complexity index is 531. The fourth-order valence-electron chi connectivity index (χ4n) is 2.08. The van der Waals surface area contributed by atoms with Crippen LogP contribution in [0.1, 0.15) is 18.1 Å². The first-order chi connectivity index (χ1) is 9.26. The zero-order chi connectivity index (χ0) is 13.7. The molecule has 0 saturated carbocycles. The Kier molecular flexibility index (Phi) is 4.77. The first kappa shape index (κ1) is 13.8. The van der Waals surface area contributed by atoms with Gasteiger partial charge in [0.25, 0.3) is 0 Å². The Labute approximate surface area is 118 Å². The normalized spacial score (nSPS) is 10.5. The molecule has 19 heavy (non-hydrogen) atoms. The second-order valence-corrected chi connectivity index (χ2v) is 4.67. The molecule has 2 rings (SSSR count). The van der Waals surface area contributed by atoms with Crippen molar-refractivity contribution in [3.05, 3.63) is 58.9 Å². The lowest BCUT2D eigenvalue weighted by Crippen LogP contribution is -2.23. The molecule has 0 aliphatic carbocycles. The first-order valence-corrected chi connectivity index (χ1v) is 6.66. The monoisotopic (exact) mass is 276 g/mol. The van der Waals surface area contributed by atoms with Crippen LogP contribution in [0, 0.1) is 0 Å². The van der Waals surface area contributed by atoms with Gasteiger partial charge in [-0.3, -0.25) is 4.98 Å². The molecule has 0 aliphatic rings. The number of nitrogens with zero attached hydrogens (tertiary/aromatic N) is 2. The van der Waals surface area contributed by atoms with Gasteiger partial charge in [-0.1, -0.05) is 17.7 Å². The third-order valence-electron chi connectivity index (χ3n) is 3.10. The topological polar surface area (TPSA) is 36.4 Å². The molecule has 1 aromatic carbocycles. The highest BCUT2D eigenvalue weighted by Crippen LogP contribution is 2.28. The summed E-state index contributed by atoms with van der Waals surface area (Å²) >= 11 is 6.14. The molecule has 1 aromatic heterocycles. The number of anilines is 1. The molecule has 3 nitrogen and oxygen atoms in total. The van der Waals surface area contributed by atoms with E-state index in [2.05, 4.69) is 16.8 Å². The lowest BCUT2D eigenvalue weighted by atomic mass is 10.1. The zero-order valence-electron chi connectivity index (χ0n) is 10.9. The van der Waals surface area contributed by atoms with Gasteiger partial charge >= 0.3 is 0 Å². The molecule has 0 unspecified atom stereocenters. The Morgan fingerprint density at radius 1 is 1.21 bits per heavy atom. The number of halogens is 1. The van der Waals surface area contributed by atoms with E-state index in [4.69, 9.17) is 11.6 Å². The number of aliphatic hydroxyl groups excluding tert-OH is 1. The molecule has 0 fully saturated rings. The molecule has 2 aromatic rings. The Morgan fingerprint density at radius 2 is 1.95 bits per heavy atom. The number of hydrogen-bond acceptors (Lipinski definition) is 3. The number of hydrogen-bond donors (Lipinski definition) is 1. The van der Waals surface area contributed by atoms with E-state index in [1.54, 1.807) is 18.5 Å². The van der Waals surface area contributed by atoms with Crippen molar-refractivity contribution in [3.63, 3.8) is 0 Å². The average Bonchev–Trinajstić information content (AvgIpc) is 2.45. The van der Waals surface area contributed by atoms with Crippen LogP contribution in [-0.4, -0.2) is 16.6 Å². The highest BCUT2D eigenvalue weighted by Gasteiger charge is 2.12. The summed E-state index contributed by atoms with van der Waals surface area (Å²) in [7, 11) is 0. The number of benzene rings is 1. The molecule has 0 saturated heterocycles. The molecule has 0 aliphatic heterocycles. The van der Waals surface area contributed by atoms with Gasteiger partial charge in [-0.05, 0) is 36.8 Å². The van der Waals surface area contributed by atoms with E-state index in [1.165, 1.54) is 5.56 Å². The standard InChI is InChI=1S/C15H17ClN2O/c1-2-18(10-12-6-8-17-9-7-12)15-5-3-4-14(16)13(15)11-19/h3-9,19H,2,10-11H2,1H3. The SMILES string of the molecule is CCN(Cc1ccncc1)c1cccc(Cl)c1CO. The van der Waals surface area contributed by atoms with Crippen LogP contribution in [0.15, 0.2) is 42.7 Å². The quantitative estimate of drug-likeness (QED) is 0.911. The second kappa shape index (κ2) is 6.55. The number of aromatic nitrogens is 1. The summed E-state index contributed by atoms with van der Waals surface area (Å²) in [6.45, 7) is 3.65. The van der Waals surface area contributed by atoms with Crippen molar-refractivity contribution < 1.29 is 5.11 Å². The van der Waals surface area contributed by atoms with Crippen LogP contribution in [0.3, 0.4) is 0 Å². The number of aliphatic hydroxyl groups is 1. The van der Waals surface area contributed by atoms with E-state index >= 15 is 0 Å². The van der Waals surface area contributed by atoms with Gasteiger partial charge in [0.2, 0.25) is 0 Å². The van der Waals surface area contributed by atoms with Gasteiger partial charge in [0.15, 0.2) is 0 Å². The summed E-state index contributed by atoms with van der Waals surface area (Å²) < 4.78 is 0. The van der Waals surface area contributed by atoms with Crippen LogP contribution in [0.5, 0.6) is 0 Å². The molecule has 4 heteroatoms. The Hall–Kier alpha value is -1.58. The third kappa shape index (κ3) is 3.25. The molecule has 1 heterocycles. The van der Waals surface area contributed by atoms with Gasteiger partial charge in [-0.15, -0.1) is 0 Å². The largest absolute Gasteiger partial charge is 0.392 e. The van der Waals surface area contributed by atoms with Gasteiger partial charge in [-0.2, -0.15) is 0 Å². The maximum atomic E-state index is 9.49. The second-order valence-electron chi connectivity index (χ2n) is 4.27. The summed E-state index contributed by atoms with van der Waals surface area (Å²) in [5.74, 6) is 0. The van der Waals surface area contributed by atoms with E-state index in [9.17, 15) is 5.11 Å². The average molecular weight is 277 g/mol. The van der Waals surface area contributed by atoms with Crippen molar-refractivity contribution in [2.24, 2.45) is 0 Å². The van der Waals surface area contributed by atoms with Crippen molar-refractivity contribution in [2.45, 2.75) is 20.1 Å². The first-order valence-electron chi connectivity index (χ1n) is 6.28. The van der Waals surface area contributed by atoms with Crippen molar-refractivity contribution in [1.82, 2.24) is 4.98 Å². The van der Waals surface area contributed by atoms with Crippen molar-refractivity contribution in [2.75, 3.05) is 11.4 Å². The molecule has 0 spiro atoms. The van der Waals surface area contributed by atoms with E-state index in [1.807, 2.05) is 24.3 Å². The predicted octanol–water partition coefficient (Wildman–Crippen LogP) is 3.25.